The average molecular weight is 710 g/mol. The summed E-state index contributed by atoms with van der Waals surface area (Å²) in [6.45, 7) is 1.82. The number of benzene rings is 3. The van der Waals surface area contributed by atoms with Gasteiger partial charge in [0.25, 0.3) is 0 Å². The molecule has 0 fully saturated rings. The second-order valence-electron chi connectivity index (χ2n) is 9.58. The van der Waals surface area contributed by atoms with Crippen LogP contribution in [0.25, 0.3) is 0 Å². The van der Waals surface area contributed by atoms with E-state index < -0.39 is 54.7 Å². The van der Waals surface area contributed by atoms with Crippen molar-refractivity contribution in [3.63, 3.8) is 0 Å². The van der Waals surface area contributed by atoms with Crippen LogP contribution in [0.4, 0.5) is 0 Å². The average Bonchev–Trinajstić information content (AvgIpc) is 3.05. The van der Waals surface area contributed by atoms with Crippen molar-refractivity contribution in [2.75, 3.05) is 0 Å². The van der Waals surface area contributed by atoms with Gasteiger partial charge in [0.1, 0.15) is 0 Å². The normalized spacial score (nSPS) is 12.3. The molecule has 3 aromatic carbocycles. The van der Waals surface area contributed by atoms with E-state index in [9.17, 15) is 30.0 Å². The summed E-state index contributed by atoms with van der Waals surface area (Å²) in [5.41, 5.74) is 0.576. The molecule has 0 atom stereocenters. The Bertz CT molecular complexity index is 1310. The molecule has 0 radical (unpaired) electrons. The van der Waals surface area contributed by atoms with Crippen molar-refractivity contribution < 1.29 is 39.2 Å². The standard InChI is InChI=1S/3C9H9NO3.C4H9.Sn/c3*11-9(12)8(10-13)6-7-4-2-1-3-5-7;1-3-4-2;/h3*1-5,13H,6H2,(H,11,12);1,3-4H2,2H3;/q;;;;+3/p-3/b3*10-8+;;. The van der Waals surface area contributed by atoms with E-state index in [1.54, 1.807) is 91.0 Å². The van der Waals surface area contributed by atoms with Crippen LogP contribution in [0.15, 0.2) is 106 Å². The van der Waals surface area contributed by atoms with Crippen LogP contribution >= 0.6 is 0 Å². The molecule has 0 aliphatic rings. The third kappa shape index (κ3) is 10.2. The van der Waals surface area contributed by atoms with E-state index in [1.807, 2.05) is 6.92 Å². The molecule has 230 valence electrons. The van der Waals surface area contributed by atoms with Crippen LogP contribution in [-0.4, -0.2) is 70.3 Å². The predicted octanol–water partition coefficient (Wildman–Crippen LogP) is 4.57. The Morgan fingerprint density at radius 2 is 0.864 bits per heavy atom. The van der Waals surface area contributed by atoms with Crippen molar-refractivity contribution >= 4 is 54.7 Å². The zero-order chi connectivity index (χ0) is 31.8. The molecule has 13 heteroatoms. The van der Waals surface area contributed by atoms with Gasteiger partial charge >= 0.3 is 261 Å². The van der Waals surface area contributed by atoms with Crippen molar-refractivity contribution in [1.82, 2.24) is 0 Å². The van der Waals surface area contributed by atoms with Crippen LogP contribution in [-0.2, 0) is 42.9 Å². The topological polar surface area (TPSA) is 177 Å². The number of carbonyl (C=O) groups excluding carboxylic acids is 3. The Balaban J connectivity index is 1.96. The molecule has 0 saturated heterocycles. The zero-order valence-corrected chi connectivity index (χ0v) is 26.9. The molecule has 44 heavy (non-hydrogen) atoms. The summed E-state index contributed by atoms with van der Waals surface area (Å²) in [4.78, 5) is 40.1. The Kier molecular flexibility index (Phi) is 13.4. The van der Waals surface area contributed by atoms with Crippen LogP contribution in [0.3, 0.4) is 0 Å². The maximum absolute atomic E-state index is 13.4. The zero-order valence-electron chi connectivity index (χ0n) is 24.0. The number of hydrogen-bond donors (Lipinski definition) is 3. The number of unbranched alkanes of at least 4 members (excludes halogenated alkanes) is 1. The van der Waals surface area contributed by atoms with Crippen molar-refractivity contribution in [3.05, 3.63) is 108 Å². The molecule has 3 aromatic rings. The maximum atomic E-state index is 13.4. The van der Waals surface area contributed by atoms with E-state index >= 15 is 0 Å². The summed E-state index contributed by atoms with van der Waals surface area (Å²) in [6.07, 6.45) is 0.433. The molecule has 0 aliphatic heterocycles. The van der Waals surface area contributed by atoms with Crippen LogP contribution in [0, 0.1) is 0 Å². The molecule has 0 bridgehead atoms. The predicted molar refractivity (Wildman–Crippen MR) is 162 cm³/mol. The number of nitrogens with zero attached hydrogens (tertiary/aromatic N) is 3. The van der Waals surface area contributed by atoms with Gasteiger partial charge in [-0.15, -0.1) is 0 Å². The monoisotopic (exact) mass is 711 g/mol. The molecule has 0 amide bonds. The third-order valence-corrected chi connectivity index (χ3v) is 13.3. The first-order chi connectivity index (χ1) is 21.3. The Morgan fingerprint density at radius 3 is 1.11 bits per heavy atom. The van der Waals surface area contributed by atoms with Gasteiger partial charge in [-0.3, -0.25) is 0 Å². The van der Waals surface area contributed by atoms with Gasteiger partial charge in [-0.2, -0.15) is 0 Å². The molecule has 12 nitrogen and oxygen atoms in total. The third-order valence-electron chi connectivity index (χ3n) is 6.29. The van der Waals surface area contributed by atoms with E-state index in [4.69, 9.17) is 9.22 Å². The van der Waals surface area contributed by atoms with Gasteiger partial charge in [0, 0.05) is 0 Å². The van der Waals surface area contributed by atoms with Crippen LogP contribution in [0.1, 0.15) is 36.5 Å². The summed E-state index contributed by atoms with van der Waals surface area (Å²) in [5, 5.41) is 38.3. The molecule has 0 aliphatic carbocycles. The summed E-state index contributed by atoms with van der Waals surface area (Å²) >= 11 is -5.74. The van der Waals surface area contributed by atoms with Crippen LogP contribution < -0.4 is 0 Å². The molecule has 0 unspecified atom stereocenters. The van der Waals surface area contributed by atoms with E-state index in [1.165, 1.54) is 0 Å². The van der Waals surface area contributed by atoms with Crippen molar-refractivity contribution in [2.45, 2.75) is 43.5 Å². The Hall–Kier alpha value is -4.72. The van der Waals surface area contributed by atoms with Crippen molar-refractivity contribution in [3.8, 4) is 0 Å². The van der Waals surface area contributed by atoms with E-state index in [0.29, 0.717) is 29.5 Å². The molecular weight excluding hydrogens is 677 g/mol. The fourth-order valence-corrected chi connectivity index (χ4v) is 10.9. The summed E-state index contributed by atoms with van der Waals surface area (Å²) in [7, 11) is 0. The van der Waals surface area contributed by atoms with Gasteiger partial charge in [0.05, 0.1) is 0 Å². The molecular formula is C31H33N3O9Sn. The second-order valence-corrected chi connectivity index (χ2v) is 16.7. The second kappa shape index (κ2) is 17.4. The van der Waals surface area contributed by atoms with Crippen molar-refractivity contribution in [1.29, 1.82) is 0 Å². The number of rotatable bonds is 15. The first kappa shape index (κ1) is 33.8. The van der Waals surface area contributed by atoms with Gasteiger partial charge < -0.3 is 0 Å². The van der Waals surface area contributed by atoms with Crippen molar-refractivity contribution in [2.24, 2.45) is 15.5 Å². The molecule has 0 heterocycles. The van der Waals surface area contributed by atoms with Gasteiger partial charge in [0.15, 0.2) is 0 Å². The fourth-order valence-electron chi connectivity index (χ4n) is 4.02. The fraction of sp³-hybridized carbons (Fsp3) is 0.226. The summed E-state index contributed by atoms with van der Waals surface area (Å²) in [6, 6.07) is 25.9. The first-order valence-corrected chi connectivity index (χ1v) is 19.3. The Labute approximate surface area is 259 Å². The van der Waals surface area contributed by atoms with Gasteiger partial charge in [-0.25, -0.2) is 0 Å². The quantitative estimate of drug-likeness (QED) is 0.0883. The van der Waals surface area contributed by atoms with E-state index in [2.05, 4.69) is 15.5 Å². The van der Waals surface area contributed by atoms with E-state index in [0.717, 1.165) is 0 Å². The summed E-state index contributed by atoms with van der Waals surface area (Å²) < 4.78 is 17.0. The van der Waals surface area contributed by atoms with Crippen LogP contribution in [0.2, 0.25) is 4.44 Å². The summed E-state index contributed by atoms with van der Waals surface area (Å²) in [5.74, 6) is -3.50. The molecule has 0 saturated carbocycles. The molecule has 0 spiro atoms. The first-order valence-electron chi connectivity index (χ1n) is 13.8. The van der Waals surface area contributed by atoms with E-state index in [-0.39, 0.29) is 23.7 Å². The van der Waals surface area contributed by atoms with Gasteiger partial charge in [0.2, 0.25) is 0 Å². The number of carbonyl (C=O) groups is 3. The van der Waals surface area contributed by atoms with Gasteiger partial charge in [-0.05, 0) is 0 Å². The van der Waals surface area contributed by atoms with Crippen LogP contribution in [0.5, 0.6) is 0 Å². The molecule has 3 rings (SSSR count). The number of oxime groups is 3. The molecule has 0 aromatic heterocycles. The number of hydrogen-bond acceptors (Lipinski definition) is 12. The SMILES string of the molecule is CCC[CH2][Sn]([O]C(=O)/C(Cc1ccccc1)=N/O)([O]C(=O)/C(Cc1ccccc1)=N/O)[O]C(=O)/C(Cc1ccccc1)=N/O. The molecule has 3 N–H and O–H groups in total. The Morgan fingerprint density at radius 1 is 0.568 bits per heavy atom. The minimum absolute atomic E-state index is 0.136. The minimum atomic E-state index is -5.74. The van der Waals surface area contributed by atoms with Gasteiger partial charge in [-0.1, -0.05) is 0 Å².